The number of thiocarbonyl (C=S) groups is 1. The Morgan fingerprint density at radius 2 is 1.65 bits per heavy atom. The first-order valence-electron chi connectivity index (χ1n) is 7.44. The summed E-state index contributed by atoms with van der Waals surface area (Å²) in [5.74, 6) is 0. The van der Waals surface area contributed by atoms with E-state index in [-0.39, 0.29) is 0 Å². The van der Waals surface area contributed by atoms with Gasteiger partial charge in [0.15, 0.2) is 5.11 Å². The van der Waals surface area contributed by atoms with Gasteiger partial charge in [-0.2, -0.15) is 0 Å². The molecule has 0 atom stereocenters. The van der Waals surface area contributed by atoms with Crippen molar-refractivity contribution in [3.05, 3.63) is 58.6 Å². The van der Waals surface area contributed by atoms with Gasteiger partial charge in [-0.05, 0) is 42.5 Å². The highest BCUT2D eigenvalue weighted by atomic mass is 35.5. The standard InChI is InChI=1S/C17H17Cl2N3S/c18-13-6-7-15(19)16(12-13)20-17(23)22-10-8-21(9-11-22)14-4-2-1-3-5-14/h1-7,12H,8-11H2,(H,20,23). The Morgan fingerprint density at radius 3 is 2.35 bits per heavy atom. The Kier molecular flexibility index (Phi) is 5.26. The number of hydrogen-bond acceptors (Lipinski definition) is 2. The fourth-order valence-electron chi connectivity index (χ4n) is 2.59. The smallest absolute Gasteiger partial charge is 0.173 e. The molecule has 3 nitrogen and oxygen atoms in total. The highest BCUT2D eigenvalue weighted by molar-refractivity contribution is 7.80. The van der Waals surface area contributed by atoms with Crippen LogP contribution in [-0.4, -0.2) is 36.2 Å². The lowest BCUT2D eigenvalue weighted by Gasteiger charge is -2.37. The van der Waals surface area contributed by atoms with Crippen molar-refractivity contribution in [1.82, 2.24) is 4.90 Å². The Balaban J connectivity index is 1.59. The first-order valence-corrected chi connectivity index (χ1v) is 8.61. The van der Waals surface area contributed by atoms with Crippen molar-refractivity contribution in [2.45, 2.75) is 0 Å². The number of hydrogen-bond donors (Lipinski definition) is 1. The van der Waals surface area contributed by atoms with Crippen molar-refractivity contribution in [3.8, 4) is 0 Å². The molecule has 23 heavy (non-hydrogen) atoms. The van der Waals surface area contributed by atoms with E-state index in [1.165, 1.54) is 5.69 Å². The maximum atomic E-state index is 6.17. The minimum absolute atomic E-state index is 0.611. The molecular weight excluding hydrogens is 349 g/mol. The van der Waals surface area contributed by atoms with Gasteiger partial charge in [-0.15, -0.1) is 0 Å². The first kappa shape index (κ1) is 16.4. The average Bonchev–Trinajstić information content (AvgIpc) is 2.59. The van der Waals surface area contributed by atoms with Crippen molar-refractivity contribution < 1.29 is 0 Å². The minimum atomic E-state index is 0.611. The van der Waals surface area contributed by atoms with Crippen LogP contribution in [-0.2, 0) is 0 Å². The lowest BCUT2D eigenvalue weighted by atomic mass is 10.2. The molecular formula is C17H17Cl2N3S. The van der Waals surface area contributed by atoms with Crippen LogP contribution in [0.15, 0.2) is 48.5 Å². The number of piperazine rings is 1. The topological polar surface area (TPSA) is 18.5 Å². The second-order valence-corrected chi connectivity index (χ2v) is 6.59. The summed E-state index contributed by atoms with van der Waals surface area (Å²) in [6, 6.07) is 15.8. The van der Waals surface area contributed by atoms with Gasteiger partial charge >= 0.3 is 0 Å². The minimum Gasteiger partial charge on any atom is -0.368 e. The van der Waals surface area contributed by atoms with Gasteiger partial charge in [-0.1, -0.05) is 41.4 Å². The summed E-state index contributed by atoms with van der Waals surface area (Å²) in [6.07, 6.45) is 0. The van der Waals surface area contributed by atoms with Gasteiger partial charge in [0.05, 0.1) is 10.7 Å². The molecule has 2 aromatic carbocycles. The van der Waals surface area contributed by atoms with E-state index in [0.29, 0.717) is 15.2 Å². The Labute approximate surface area is 151 Å². The lowest BCUT2D eigenvalue weighted by molar-refractivity contribution is 0.391. The van der Waals surface area contributed by atoms with Gasteiger partial charge in [0.25, 0.3) is 0 Å². The molecule has 120 valence electrons. The molecule has 3 rings (SSSR count). The third-order valence-electron chi connectivity index (χ3n) is 3.86. The molecule has 0 saturated carbocycles. The van der Waals surface area contributed by atoms with Crippen LogP contribution < -0.4 is 10.2 Å². The van der Waals surface area contributed by atoms with E-state index in [9.17, 15) is 0 Å². The fraction of sp³-hybridized carbons (Fsp3) is 0.235. The Morgan fingerprint density at radius 1 is 0.957 bits per heavy atom. The molecule has 1 aliphatic heterocycles. The molecule has 0 aromatic heterocycles. The van der Waals surface area contributed by atoms with Gasteiger partial charge in [0.1, 0.15) is 0 Å². The van der Waals surface area contributed by atoms with E-state index in [4.69, 9.17) is 35.4 Å². The average molecular weight is 366 g/mol. The number of rotatable bonds is 2. The quantitative estimate of drug-likeness (QED) is 0.788. The van der Waals surface area contributed by atoms with E-state index in [1.54, 1.807) is 18.2 Å². The van der Waals surface area contributed by atoms with E-state index in [1.807, 2.05) is 6.07 Å². The Bertz CT molecular complexity index is 685. The highest BCUT2D eigenvalue weighted by Gasteiger charge is 2.19. The van der Waals surface area contributed by atoms with Crippen LogP contribution in [0.4, 0.5) is 11.4 Å². The predicted octanol–water partition coefficient (Wildman–Crippen LogP) is 4.51. The number of para-hydroxylation sites is 1. The highest BCUT2D eigenvalue weighted by Crippen LogP contribution is 2.26. The van der Waals surface area contributed by atoms with E-state index in [0.717, 1.165) is 31.9 Å². The molecule has 0 unspecified atom stereocenters. The summed E-state index contributed by atoms with van der Waals surface area (Å²) in [4.78, 5) is 4.53. The van der Waals surface area contributed by atoms with Gasteiger partial charge in [0.2, 0.25) is 0 Å². The predicted molar refractivity (Wildman–Crippen MR) is 103 cm³/mol. The summed E-state index contributed by atoms with van der Waals surface area (Å²) in [6.45, 7) is 3.63. The zero-order chi connectivity index (χ0) is 16.2. The fourth-order valence-corrected chi connectivity index (χ4v) is 3.22. The van der Waals surface area contributed by atoms with Crippen molar-refractivity contribution in [2.24, 2.45) is 0 Å². The van der Waals surface area contributed by atoms with E-state index >= 15 is 0 Å². The second-order valence-electron chi connectivity index (χ2n) is 5.36. The lowest BCUT2D eigenvalue weighted by Crippen LogP contribution is -2.50. The third-order valence-corrected chi connectivity index (χ3v) is 4.78. The summed E-state index contributed by atoms with van der Waals surface area (Å²) in [5.41, 5.74) is 2.00. The van der Waals surface area contributed by atoms with Gasteiger partial charge in [-0.3, -0.25) is 0 Å². The molecule has 1 heterocycles. The largest absolute Gasteiger partial charge is 0.368 e. The first-order chi connectivity index (χ1) is 11.1. The molecule has 1 fully saturated rings. The zero-order valence-electron chi connectivity index (χ0n) is 12.5. The molecule has 1 N–H and O–H groups in total. The van der Waals surface area contributed by atoms with Crippen molar-refractivity contribution in [2.75, 3.05) is 36.4 Å². The van der Waals surface area contributed by atoms with Crippen LogP contribution >= 0.6 is 35.4 Å². The molecule has 0 spiro atoms. The van der Waals surface area contributed by atoms with Crippen LogP contribution in [0.2, 0.25) is 10.0 Å². The molecule has 0 bridgehead atoms. The number of nitrogens with zero attached hydrogens (tertiary/aromatic N) is 2. The molecule has 0 aliphatic carbocycles. The van der Waals surface area contributed by atoms with Crippen LogP contribution in [0.3, 0.4) is 0 Å². The van der Waals surface area contributed by atoms with Crippen LogP contribution in [0.1, 0.15) is 0 Å². The molecule has 0 amide bonds. The van der Waals surface area contributed by atoms with Gasteiger partial charge < -0.3 is 15.1 Å². The number of halogens is 2. The van der Waals surface area contributed by atoms with Gasteiger partial charge in [0, 0.05) is 36.9 Å². The SMILES string of the molecule is S=C(Nc1cc(Cl)ccc1Cl)N1CCN(c2ccccc2)CC1. The normalized spacial score (nSPS) is 14.7. The summed E-state index contributed by atoms with van der Waals surface area (Å²) < 4.78 is 0. The number of anilines is 2. The molecule has 0 radical (unpaired) electrons. The number of nitrogens with one attached hydrogen (secondary N) is 1. The summed E-state index contributed by atoms with van der Waals surface area (Å²) >= 11 is 17.7. The van der Waals surface area contributed by atoms with Crippen LogP contribution in [0, 0.1) is 0 Å². The molecule has 1 aliphatic rings. The maximum Gasteiger partial charge on any atom is 0.173 e. The van der Waals surface area contributed by atoms with Crippen LogP contribution in [0.25, 0.3) is 0 Å². The summed E-state index contributed by atoms with van der Waals surface area (Å²) in [5, 5.41) is 5.12. The number of benzene rings is 2. The summed E-state index contributed by atoms with van der Waals surface area (Å²) in [7, 11) is 0. The second kappa shape index (κ2) is 7.39. The van der Waals surface area contributed by atoms with Crippen molar-refractivity contribution in [1.29, 1.82) is 0 Å². The van der Waals surface area contributed by atoms with E-state index in [2.05, 4.69) is 39.4 Å². The molecule has 6 heteroatoms. The van der Waals surface area contributed by atoms with Crippen molar-refractivity contribution >= 4 is 51.9 Å². The van der Waals surface area contributed by atoms with Gasteiger partial charge in [-0.25, -0.2) is 0 Å². The zero-order valence-corrected chi connectivity index (χ0v) is 14.8. The molecule has 1 saturated heterocycles. The maximum absolute atomic E-state index is 6.17. The third kappa shape index (κ3) is 4.08. The molecule has 2 aromatic rings. The monoisotopic (exact) mass is 365 g/mol. The van der Waals surface area contributed by atoms with Crippen LogP contribution in [0.5, 0.6) is 0 Å². The van der Waals surface area contributed by atoms with E-state index < -0.39 is 0 Å². The Hall–Kier alpha value is -1.49. The van der Waals surface area contributed by atoms with Crippen molar-refractivity contribution in [3.63, 3.8) is 0 Å².